The van der Waals surface area contributed by atoms with Crippen LogP contribution in [0.4, 0.5) is 0 Å². The van der Waals surface area contributed by atoms with E-state index in [-0.39, 0.29) is 0 Å². The molecule has 19 heavy (non-hydrogen) atoms. The molecule has 1 atom stereocenters. The molecule has 2 aliphatic rings. The summed E-state index contributed by atoms with van der Waals surface area (Å²) >= 11 is 0. The number of nitrogens with one attached hydrogen (secondary N) is 1. The molecule has 0 spiro atoms. The van der Waals surface area contributed by atoms with Crippen LogP contribution in [0.25, 0.3) is 0 Å². The normalized spacial score (nSPS) is 35.2. The van der Waals surface area contributed by atoms with Crippen molar-refractivity contribution in [3.8, 4) is 0 Å². The van der Waals surface area contributed by atoms with Crippen LogP contribution >= 0.6 is 0 Å². The smallest absolute Gasteiger partial charge is 0.0195 e. The standard InChI is InChI=1S/C16H33N3/c1-14-5-7-16(8-6-14)17-9-12-19-11-4-10-18(3)13-15(19)2/h14-17H,4-13H2,1-3H3. The van der Waals surface area contributed by atoms with Gasteiger partial charge in [0.1, 0.15) is 0 Å². The van der Waals surface area contributed by atoms with Crippen molar-refractivity contribution in [1.82, 2.24) is 15.1 Å². The molecule has 1 saturated heterocycles. The predicted molar refractivity (Wildman–Crippen MR) is 82.6 cm³/mol. The summed E-state index contributed by atoms with van der Waals surface area (Å²) < 4.78 is 0. The van der Waals surface area contributed by atoms with Gasteiger partial charge in [-0.25, -0.2) is 0 Å². The van der Waals surface area contributed by atoms with E-state index in [4.69, 9.17) is 0 Å². The summed E-state index contributed by atoms with van der Waals surface area (Å²) in [5.41, 5.74) is 0. The molecule has 0 radical (unpaired) electrons. The van der Waals surface area contributed by atoms with Crippen molar-refractivity contribution in [3.63, 3.8) is 0 Å². The van der Waals surface area contributed by atoms with Gasteiger partial charge in [-0.1, -0.05) is 6.92 Å². The van der Waals surface area contributed by atoms with E-state index in [9.17, 15) is 0 Å². The Balaban J connectivity index is 1.64. The molecular formula is C16H33N3. The predicted octanol–water partition coefficient (Wildman–Crippen LogP) is 2.18. The van der Waals surface area contributed by atoms with E-state index in [0.717, 1.165) is 12.0 Å². The number of nitrogens with zero attached hydrogens (tertiary/aromatic N) is 2. The van der Waals surface area contributed by atoms with Crippen molar-refractivity contribution in [3.05, 3.63) is 0 Å². The van der Waals surface area contributed by atoms with Gasteiger partial charge in [0.05, 0.1) is 0 Å². The molecule has 0 amide bonds. The lowest BCUT2D eigenvalue weighted by atomic mass is 9.87. The Morgan fingerprint density at radius 2 is 1.79 bits per heavy atom. The van der Waals surface area contributed by atoms with Crippen LogP contribution in [0.15, 0.2) is 0 Å². The Bertz CT molecular complexity index is 248. The van der Waals surface area contributed by atoms with Crippen molar-refractivity contribution in [2.45, 2.75) is 58.0 Å². The quantitative estimate of drug-likeness (QED) is 0.842. The Kier molecular flexibility index (Phi) is 6.11. The van der Waals surface area contributed by atoms with Gasteiger partial charge in [-0.3, -0.25) is 4.90 Å². The van der Waals surface area contributed by atoms with Crippen molar-refractivity contribution in [2.24, 2.45) is 5.92 Å². The second kappa shape index (κ2) is 7.61. The third-order valence-corrected chi connectivity index (χ3v) is 5.03. The summed E-state index contributed by atoms with van der Waals surface area (Å²) in [6.45, 7) is 10.9. The van der Waals surface area contributed by atoms with Crippen molar-refractivity contribution in [1.29, 1.82) is 0 Å². The van der Waals surface area contributed by atoms with Gasteiger partial charge in [0, 0.05) is 31.7 Å². The number of hydrogen-bond acceptors (Lipinski definition) is 3. The second-order valence-electron chi connectivity index (χ2n) is 6.91. The highest BCUT2D eigenvalue weighted by Crippen LogP contribution is 2.23. The third kappa shape index (κ3) is 5.05. The van der Waals surface area contributed by atoms with Crippen LogP contribution in [0, 0.1) is 5.92 Å². The minimum atomic E-state index is 0.709. The Labute approximate surface area is 119 Å². The minimum absolute atomic E-state index is 0.709. The number of likely N-dealkylation sites (N-methyl/N-ethyl adjacent to an activating group) is 1. The molecule has 0 aromatic heterocycles. The molecule has 0 aromatic rings. The maximum Gasteiger partial charge on any atom is 0.0195 e. The van der Waals surface area contributed by atoms with Crippen LogP contribution in [0.1, 0.15) is 46.0 Å². The first-order chi connectivity index (χ1) is 9.15. The van der Waals surface area contributed by atoms with Crippen LogP contribution in [-0.4, -0.2) is 61.7 Å². The highest BCUT2D eigenvalue weighted by molar-refractivity contribution is 4.78. The molecule has 1 N–H and O–H groups in total. The summed E-state index contributed by atoms with van der Waals surface area (Å²) in [5, 5.41) is 3.79. The third-order valence-electron chi connectivity index (χ3n) is 5.03. The van der Waals surface area contributed by atoms with E-state index < -0.39 is 0 Å². The van der Waals surface area contributed by atoms with Crippen LogP contribution in [-0.2, 0) is 0 Å². The van der Waals surface area contributed by atoms with E-state index in [2.05, 4.69) is 36.0 Å². The number of hydrogen-bond donors (Lipinski definition) is 1. The van der Waals surface area contributed by atoms with Crippen LogP contribution in [0.3, 0.4) is 0 Å². The lowest BCUT2D eigenvalue weighted by Crippen LogP contribution is -2.43. The SMILES string of the molecule is CC1CCC(NCCN2CCCN(C)CC2C)CC1. The monoisotopic (exact) mass is 267 g/mol. The molecule has 2 rings (SSSR count). The first kappa shape index (κ1) is 15.3. The zero-order valence-electron chi connectivity index (χ0n) is 13.2. The zero-order chi connectivity index (χ0) is 13.7. The minimum Gasteiger partial charge on any atom is -0.313 e. The molecule has 1 unspecified atom stereocenters. The molecule has 3 heteroatoms. The Morgan fingerprint density at radius 3 is 2.53 bits per heavy atom. The molecular weight excluding hydrogens is 234 g/mol. The van der Waals surface area contributed by atoms with Gasteiger partial charge in [0.2, 0.25) is 0 Å². The van der Waals surface area contributed by atoms with Gasteiger partial charge >= 0.3 is 0 Å². The average Bonchev–Trinajstić information content (AvgIpc) is 2.53. The highest BCUT2D eigenvalue weighted by atomic mass is 15.2. The number of rotatable bonds is 4. The Hall–Kier alpha value is -0.120. The molecule has 112 valence electrons. The summed E-state index contributed by atoms with van der Waals surface area (Å²) in [4.78, 5) is 5.14. The molecule has 2 fully saturated rings. The second-order valence-corrected chi connectivity index (χ2v) is 6.91. The Morgan fingerprint density at radius 1 is 1.05 bits per heavy atom. The van der Waals surface area contributed by atoms with Crippen LogP contribution in [0.5, 0.6) is 0 Å². The van der Waals surface area contributed by atoms with E-state index >= 15 is 0 Å². The summed E-state index contributed by atoms with van der Waals surface area (Å²) in [6.07, 6.45) is 6.94. The fraction of sp³-hybridized carbons (Fsp3) is 1.00. The van der Waals surface area contributed by atoms with E-state index in [0.29, 0.717) is 6.04 Å². The van der Waals surface area contributed by atoms with E-state index in [1.165, 1.54) is 64.8 Å². The van der Waals surface area contributed by atoms with Gasteiger partial charge in [-0.2, -0.15) is 0 Å². The van der Waals surface area contributed by atoms with Crippen LogP contribution in [0.2, 0.25) is 0 Å². The lowest BCUT2D eigenvalue weighted by molar-refractivity contribution is 0.196. The molecule has 3 nitrogen and oxygen atoms in total. The zero-order valence-corrected chi connectivity index (χ0v) is 13.2. The molecule has 1 aliphatic heterocycles. The summed E-state index contributed by atoms with van der Waals surface area (Å²) in [7, 11) is 2.25. The van der Waals surface area contributed by atoms with Gasteiger partial charge < -0.3 is 10.2 Å². The van der Waals surface area contributed by atoms with Crippen molar-refractivity contribution >= 4 is 0 Å². The molecule has 0 bridgehead atoms. The molecule has 1 aliphatic carbocycles. The topological polar surface area (TPSA) is 18.5 Å². The van der Waals surface area contributed by atoms with E-state index in [1.807, 2.05) is 0 Å². The average molecular weight is 267 g/mol. The van der Waals surface area contributed by atoms with Crippen LogP contribution < -0.4 is 5.32 Å². The van der Waals surface area contributed by atoms with Gasteiger partial charge in [0.25, 0.3) is 0 Å². The maximum absolute atomic E-state index is 3.79. The molecule has 0 aromatic carbocycles. The largest absolute Gasteiger partial charge is 0.313 e. The van der Waals surface area contributed by atoms with Gasteiger partial charge in [-0.05, 0) is 65.1 Å². The fourth-order valence-electron chi connectivity index (χ4n) is 3.63. The van der Waals surface area contributed by atoms with Gasteiger partial charge in [-0.15, -0.1) is 0 Å². The van der Waals surface area contributed by atoms with Crippen molar-refractivity contribution in [2.75, 3.05) is 39.8 Å². The summed E-state index contributed by atoms with van der Waals surface area (Å²) in [6, 6.07) is 1.50. The molecule has 1 saturated carbocycles. The first-order valence-electron chi connectivity index (χ1n) is 8.31. The van der Waals surface area contributed by atoms with Gasteiger partial charge in [0.15, 0.2) is 0 Å². The first-order valence-corrected chi connectivity index (χ1v) is 8.31. The van der Waals surface area contributed by atoms with Crippen molar-refractivity contribution < 1.29 is 0 Å². The van der Waals surface area contributed by atoms with E-state index in [1.54, 1.807) is 0 Å². The lowest BCUT2D eigenvalue weighted by Gasteiger charge is -2.30. The fourth-order valence-corrected chi connectivity index (χ4v) is 3.63. The highest BCUT2D eigenvalue weighted by Gasteiger charge is 2.20. The summed E-state index contributed by atoms with van der Waals surface area (Å²) in [5.74, 6) is 0.958. The molecule has 1 heterocycles. The maximum atomic E-state index is 3.79.